The van der Waals surface area contributed by atoms with Crippen molar-refractivity contribution in [1.29, 1.82) is 0 Å². The highest BCUT2D eigenvalue weighted by atomic mass is 16.5. The summed E-state index contributed by atoms with van der Waals surface area (Å²) >= 11 is 0. The zero-order valence-corrected chi connectivity index (χ0v) is 10.9. The third-order valence-corrected chi connectivity index (χ3v) is 2.89. The van der Waals surface area contributed by atoms with Gasteiger partial charge in [0.15, 0.2) is 0 Å². The van der Waals surface area contributed by atoms with Crippen LogP contribution in [0, 0.1) is 5.92 Å². The average Bonchev–Trinajstić information content (AvgIpc) is 2.76. The highest BCUT2D eigenvalue weighted by Gasteiger charge is 2.27. The first-order chi connectivity index (χ1) is 8.02. The van der Waals surface area contributed by atoms with Gasteiger partial charge in [-0.1, -0.05) is 20.8 Å². The smallest absolute Gasteiger partial charge is 0.329 e. The van der Waals surface area contributed by atoms with E-state index in [1.54, 1.807) is 12.5 Å². The predicted octanol–water partition coefficient (Wildman–Crippen LogP) is 1.66. The van der Waals surface area contributed by atoms with Gasteiger partial charge in [-0.3, -0.25) is 0 Å². The molecule has 17 heavy (non-hydrogen) atoms. The molecule has 0 aliphatic carbocycles. The molecule has 2 N–H and O–H groups in total. The van der Waals surface area contributed by atoms with Gasteiger partial charge in [0, 0.05) is 12.2 Å². The van der Waals surface area contributed by atoms with Crippen LogP contribution in [0.15, 0.2) is 12.5 Å². The average molecular weight is 239 g/mol. The lowest BCUT2D eigenvalue weighted by Crippen LogP contribution is -2.28. The van der Waals surface area contributed by atoms with Crippen LogP contribution in [0.2, 0.25) is 0 Å². The largest absolute Gasteiger partial charge is 0.467 e. The summed E-state index contributed by atoms with van der Waals surface area (Å²) in [7, 11) is 1.40. The summed E-state index contributed by atoms with van der Waals surface area (Å²) < 4.78 is 6.66. The second-order valence-electron chi connectivity index (χ2n) is 4.45. The van der Waals surface area contributed by atoms with Crippen LogP contribution in [0.3, 0.4) is 0 Å². The van der Waals surface area contributed by atoms with Crippen molar-refractivity contribution < 1.29 is 9.53 Å². The van der Waals surface area contributed by atoms with Gasteiger partial charge in [-0.2, -0.15) is 0 Å². The van der Waals surface area contributed by atoms with E-state index in [2.05, 4.69) is 4.98 Å². The van der Waals surface area contributed by atoms with Gasteiger partial charge in [-0.15, -0.1) is 0 Å². The number of carbonyl (C=O) groups excluding carboxylic acids is 1. The molecule has 5 nitrogen and oxygen atoms in total. The standard InChI is InChI=1S/C12H21N3O2/c1-5-9(13)10-6-14-7-15(10)11(8(2)3)12(16)17-4/h6-9,11H,5,13H2,1-4H3/t9-,11?/m1/s1. The van der Waals surface area contributed by atoms with Gasteiger partial charge in [-0.05, 0) is 12.3 Å². The molecule has 1 aromatic heterocycles. The topological polar surface area (TPSA) is 70.1 Å². The molecule has 2 atom stereocenters. The normalized spacial score (nSPS) is 14.7. The molecule has 1 aromatic rings. The Morgan fingerprint density at radius 2 is 2.24 bits per heavy atom. The molecular weight excluding hydrogens is 218 g/mol. The second kappa shape index (κ2) is 5.82. The van der Waals surface area contributed by atoms with Crippen LogP contribution in [-0.2, 0) is 9.53 Å². The number of carbonyl (C=O) groups is 1. The third-order valence-electron chi connectivity index (χ3n) is 2.89. The number of ether oxygens (including phenoxy) is 1. The molecule has 0 fully saturated rings. The Kier molecular flexibility index (Phi) is 4.69. The lowest BCUT2D eigenvalue weighted by atomic mass is 10.0. The van der Waals surface area contributed by atoms with Crippen LogP contribution >= 0.6 is 0 Å². The lowest BCUT2D eigenvalue weighted by molar-refractivity contribution is -0.146. The Hall–Kier alpha value is -1.36. The van der Waals surface area contributed by atoms with Gasteiger partial charge < -0.3 is 15.0 Å². The summed E-state index contributed by atoms with van der Waals surface area (Å²) in [6.07, 6.45) is 4.16. The number of hydrogen-bond acceptors (Lipinski definition) is 4. The van der Waals surface area contributed by atoms with Gasteiger partial charge in [0.1, 0.15) is 6.04 Å². The molecule has 0 saturated heterocycles. The molecule has 1 rings (SSSR count). The maximum atomic E-state index is 11.8. The molecule has 0 aliphatic rings. The SMILES string of the molecule is CC[C@@H](N)c1cncn1C(C(=O)OC)C(C)C. The van der Waals surface area contributed by atoms with Crippen molar-refractivity contribution in [2.75, 3.05) is 7.11 Å². The summed E-state index contributed by atoms with van der Waals surface area (Å²) in [4.78, 5) is 15.9. The number of aromatic nitrogens is 2. The summed E-state index contributed by atoms with van der Waals surface area (Å²) in [6, 6.07) is -0.474. The molecule has 0 radical (unpaired) electrons. The van der Waals surface area contributed by atoms with Crippen LogP contribution in [0.4, 0.5) is 0 Å². The zero-order chi connectivity index (χ0) is 13.0. The minimum absolute atomic E-state index is 0.108. The van der Waals surface area contributed by atoms with Crippen molar-refractivity contribution in [2.24, 2.45) is 11.7 Å². The molecule has 1 unspecified atom stereocenters. The molecule has 0 amide bonds. The minimum atomic E-state index is -0.366. The summed E-state index contributed by atoms with van der Waals surface area (Å²) in [5, 5.41) is 0. The molecular formula is C12H21N3O2. The van der Waals surface area contributed by atoms with Gasteiger partial charge in [0.2, 0.25) is 0 Å². The molecule has 0 spiro atoms. The summed E-state index contributed by atoms with van der Waals surface area (Å²) in [6.45, 7) is 5.95. The van der Waals surface area contributed by atoms with E-state index in [0.717, 1.165) is 12.1 Å². The Labute approximate surface area is 102 Å². The van der Waals surface area contributed by atoms with E-state index in [-0.39, 0.29) is 24.0 Å². The van der Waals surface area contributed by atoms with E-state index in [4.69, 9.17) is 10.5 Å². The molecule has 0 aliphatic heterocycles. The van der Waals surface area contributed by atoms with Crippen LogP contribution < -0.4 is 5.73 Å². The van der Waals surface area contributed by atoms with Crippen LogP contribution in [0.25, 0.3) is 0 Å². The highest BCUT2D eigenvalue weighted by molar-refractivity contribution is 5.74. The van der Waals surface area contributed by atoms with Crippen molar-refractivity contribution in [3.63, 3.8) is 0 Å². The van der Waals surface area contributed by atoms with E-state index in [1.165, 1.54) is 7.11 Å². The Morgan fingerprint density at radius 1 is 1.59 bits per heavy atom. The van der Waals surface area contributed by atoms with Crippen LogP contribution in [-0.4, -0.2) is 22.6 Å². The fraction of sp³-hybridized carbons (Fsp3) is 0.667. The Balaban J connectivity index is 3.11. The predicted molar refractivity (Wildman–Crippen MR) is 65.3 cm³/mol. The second-order valence-corrected chi connectivity index (χ2v) is 4.45. The maximum Gasteiger partial charge on any atom is 0.329 e. The first-order valence-electron chi connectivity index (χ1n) is 5.88. The zero-order valence-electron chi connectivity index (χ0n) is 10.9. The van der Waals surface area contributed by atoms with Crippen molar-refractivity contribution in [3.05, 3.63) is 18.2 Å². The molecule has 5 heteroatoms. The number of esters is 1. The Morgan fingerprint density at radius 3 is 2.71 bits per heavy atom. The van der Waals surface area contributed by atoms with Gasteiger partial charge in [-0.25, -0.2) is 9.78 Å². The maximum absolute atomic E-state index is 11.8. The van der Waals surface area contributed by atoms with Gasteiger partial charge in [0.05, 0.1) is 19.1 Å². The highest BCUT2D eigenvalue weighted by Crippen LogP contribution is 2.24. The number of nitrogens with two attached hydrogens (primary N) is 1. The van der Waals surface area contributed by atoms with E-state index in [9.17, 15) is 4.79 Å². The van der Waals surface area contributed by atoms with Crippen molar-refractivity contribution in [3.8, 4) is 0 Å². The first-order valence-corrected chi connectivity index (χ1v) is 5.88. The molecule has 1 heterocycles. The fourth-order valence-electron chi connectivity index (χ4n) is 1.87. The van der Waals surface area contributed by atoms with E-state index >= 15 is 0 Å². The number of hydrogen-bond donors (Lipinski definition) is 1. The number of imidazole rings is 1. The molecule has 0 aromatic carbocycles. The lowest BCUT2D eigenvalue weighted by Gasteiger charge is -2.23. The molecule has 96 valence electrons. The Bertz CT molecular complexity index is 374. The van der Waals surface area contributed by atoms with E-state index in [1.807, 2.05) is 25.3 Å². The van der Waals surface area contributed by atoms with Crippen molar-refractivity contribution >= 4 is 5.97 Å². The van der Waals surface area contributed by atoms with Crippen molar-refractivity contribution in [1.82, 2.24) is 9.55 Å². The number of methoxy groups -OCH3 is 1. The number of nitrogens with zero attached hydrogens (tertiary/aromatic N) is 2. The van der Waals surface area contributed by atoms with Gasteiger partial charge >= 0.3 is 5.97 Å². The molecule has 0 saturated carbocycles. The number of rotatable bonds is 5. The molecule has 0 bridgehead atoms. The minimum Gasteiger partial charge on any atom is -0.467 e. The van der Waals surface area contributed by atoms with Crippen molar-refractivity contribution in [2.45, 2.75) is 39.3 Å². The fourth-order valence-corrected chi connectivity index (χ4v) is 1.87. The first kappa shape index (κ1) is 13.7. The van der Waals surface area contributed by atoms with Crippen LogP contribution in [0.5, 0.6) is 0 Å². The quantitative estimate of drug-likeness (QED) is 0.793. The van der Waals surface area contributed by atoms with Gasteiger partial charge in [0.25, 0.3) is 0 Å². The monoisotopic (exact) mass is 239 g/mol. The summed E-state index contributed by atoms with van der Waals surface area (Å²) in [5.74, 6) is -0.137. The summed E-state index contributed by atoms with van der Waals surface area (Å²) in [5.41, 5.74) is 6.88. The third kappa shape index (κ3) is 2.85. The van der Waals surface area contributed by atoms with E-state index < -0.39 is 0 Å². The van der Waals surface area contributed by atoms with Crippen LogP contribution in [0.1, 0.15) is 45.0 Å². The van der Waals surface area contributed by atoms with E-state index in [0.29, 0.717) is 0 Å².